The zero-order valence-corrected chi connectivity index (χ0v) is 14.9. The first-order chi connectivity index (χ1) is 10.9. The molecule has 1 aliphatic rings. The summed E-state index contributed by atoms with van der Waals surface area (Å²) >= 11 is 0. The third-order valence-corrected chi connectivity index (χ3v) is 5.00. The number of nitro groups is 1. The fraction of sp³-hybridized carbons (Fsp3) is 0.533. The minimum atomic E-state index is -3.74. The molecule has 1 N–H and O–H groups in total. The van der Waals surface area contributed by atoms with Gasteiger partial charge >= 0.3 is 5.69 Å². The van der Waals surface area contributed by atoms with Gasteiger partial charge in [-0.05, 0) is 32.9 Å². The molecule has 1 amide bonds. The Labute approximate surface area is 140 Å². The van der Waals surface area contributed by atoms with E-state index in [0.29, 0.717) is 6.54 Å². The van der Waals surface area contributed by atoms with Crippen LogP contribution in [-0.4, -0.2) is 48.5 Å². The van der Waals surface area contributed by atoms with Gasteiger partial charge in [0, 0.05) is 24.8 Å². The molecule has 1 unspecified atom stereocenters. The van der Waals surface area contributed by atoms with Crippen molar-refractivity contribution < 1.29 is 18.1 Å². The van der Waals surface area contributed by atoms with Gasteiger partial charge in [0.05, 0.1) is 11.0 Å². The Bertz CT molecular complexity index is 783. The van der Waals surface area contributed by atoms with Gasteiger partial charge in [-0.2, -0.15) is 0 Å². The van der Waals surface area contributed by atoms with E-state index < -0.39 is 20.4 Å². The van der Waals surface area contributed by atoms with Gasteiger partial charge in [0.25, 0.3) is 0 Å². The van der Waals surface area contributed by atoms with E-state index in [9.17, 15) is 23.3 Å². The molecule has 0 spiro atoms. The highest BCUT2D eigenvalue weighted by molar-refractivity contribution is 7.90. The van der Waals surface area contributed by atoms with E-state index in [1.807, 2.05) is 20.8 Å². The Morgan fingerprint density at radius 2 is 1.96 bits per heavy atom. The van der Waals surface area contributed by atoms with E-state index in [1.54, 1.807) is 4.90 Å². The van der Waals surface area contributed by atoms with Crippen LogP contribution in [0.5, 0.6) is 0 Å². The number of likely N-dealkylation sites (tertiary alicyclic amines) is 1. The average molecular weight is 355 g/mol. The van der Waals surface area contributed by atoms with Crippen LogP contribution in [0.4, 0.5) is 11.4 Å². The minimum absolute atomic E-state index is 0.0399. The fourth-order valence-corrected chi connectivity index (χ4v) is 3.66. The second kappa shape index (κ2) is 6.04. The number of nitrogens with zero attached hydrogens (tertiary/aromatic N) is 2. The van der Waals surface area contributed by atoms with Gasteiger partial charge < -0.3 is 10.2 Å². The molecular formula is C15H21N3O5S. The van der Waals surface area contributed by atoms with Gasteiger partial charge in [0.1, 0.15) is 10.6 Å². The maximum Gasteiger partial charge on any atom is 0.310 e. The number of rotatable bonds is 4. The van der Waals surface area contributed by atoms with Crippen molar-refractivity contribution in [2.24, 2.45) is 0 Å². The van der Waals surface area contributed by atoms with Crippen molar-refractivity contribution in [1.82, 2.24) is 4.90 Å². The number of nitro benzene ring substituents is 1. The monoisotopic (exact) mass is 355 g/mol. The molecule has 0 aromatic heterocycles. The molecule has 2 rings (SSSR count). The Kier molecular flexibility index (Phi) is 4.58. The van der Waals surface area contributed by atoms with Gasteiger partial charge in [0.2, 0.25) is 5.91 Å². The van der Waals surface area contributed by atoms with Crippen LogP contribution >= 0.6 is 0 Å². The molecule has 0 aliphatic carbocycles. The van der Waals surface area contributed by atoms with Crippen LogP contribution in [0.15, 0.2) is 23.1 Å². The Morgan fingerprint density at radius 1 is 1.33 bits per heavy atom. The van der Waals surface area contributed by atoms with Crippen molar-refractivity contribution in [3.05, 3.63) is 28.3 Å². The topological polar surface area (TPSA) is 110 Å². The lowest BCUT2D eigenvalue weighted by molar-refractivity contribution is -0.386. The second-order valence-electron chi connectivity index (χ2n) is 6.90. The molecule has 1 aromatic carbocycles. The van der Waals surface area contributed by atoms with Crippen LogP contribution < -0.4 is 5.32 Å². The van der Waals surface area contributed by atoms with E-state index in [-0.39, 0.29) is 34.5 Å². The smallest absolute Gasteiger partial charge is 0.310 e. The van der Waals surface area contributed by atoms with Crippen LogP contribution in [-0.2, 0) is 14.6 Å². The molecule has 1 aliphatic heterocycles. The number of nitrogens with one attached hydrogen (secondary N) is 1. The lowest BCUT2D eigenvalue weighted by atomic mass is 10.1. The first kappa shape index (κ1) is 18.2. The minimum Gasteiger partial charge on any atom is -0.374 e. The molecule has 1 fully saturated rings. The molecule has 1 aromatic rings. The average Bonchev–Trinajstić information content (AvgIpc) is 2.78. The summed E-state index contributed by atoms with van der Waals surface area (Å²) in [6.07, 6.45) is 1.14. The van der Waals surface area contributed by atoms with Gasteiger partial charge in [-0.1, -0.05) is 6.07 Å². The maximum atomic E-state index is 12.1. The molecule has 1 heterocycles. The Hall–Kier alpha value is -2.16. The summed E-state index contributed by atoms with van der Waals surface area (Å²) < 4.78 is 23.6. The highest BCUT2D eigenvalue weighted by Crippen LogP contribution is 2.34. The van der Waals surface area contributed by atoms with Crippen LogP contribution in [0.3, 0.4) is 0 Å². The number of carbonyl (C=O) groups excluding carboxylic acids is 1. The summed E-state index contributed by atoms with van der Waals surface area (Å²) in [5.41, 5.74) is -0.716. The van der Waals surface area contributed by atoms with E-state index >= 15 is 0 Å². The quantitative estimate of drug-likeness (QED) is 0.651. The molecule has 24 heavy (non-hydrogen) atoms. The molecule has 9 heteroatoms. The first-order valence-corrected chi connectivity index (χ1v) is 9.35. The van der Waals surface area contributed by atoms with Gasteiger partial charge in [-0.25, -0.2) is 8.42 Å². The Balaban J connectivity index is 2.35. The standard InChI is InChI=1S/C15H21N3O5S/c1-15(2,3)17-9-10(8-13(17)19)16-11-6-5-7-12(24(4,22)23)14(11)18(20)21/h5-7,10,16H,8-9H2,1-4H3. The highest BCUT2D eigenvalue weighted by Gasteiger charge is 2.37. The fourth-order valence-electron chi connectivity index (χ4n) is 2.80. The number of amides is 1. The van der Waals surface area contributed by atoms with Gasteiger partial charge in [-0.15, -0.1) is 0 Å². The van der Waals surface area contributed by atoms with Gasteiger partial charge in [-0.3, -0.25) is 14.9 Å². The molecule has 1 saturated heterocycles. The SMILES string of the molecule is CC(C)(C)N1CC(Nc2cccc(S(C)(=O)=O)c2[N+](=O)[O-])CC1=O. The molecule has 0 saturated carbocycles. The summed E-state index contributed by atoms with van der Waals surface area (Å²) in [5, 5.41) is 14.3. The predicted molar refractivity (Wildman–Crippen MR) is 89.7 cm³/mol. The zero-order chi connectivity index (χ0) is 18.3. The lowest BCUT2D eigenvalue weighted by Crippen LogP contribution is -2.43. The second-order valence-corrected chi connectivity index (χ2v) is 8.89. The van der Waals surface area contributed by atoms with E-state index in [1.165, 1.54) is 18.2 Å². The molecule has 1 atom stereocenters. The van der Waals surface area contributed by atoms with Crippen LogP contribution in [0.25, 0.3) is 0 Å². The third kappa shape index (κ3) is 3.66. The molecule has 8 nitrogen and oxygen atoms in total. The van der Waals surface area contributed by atoms with Crippen molar-refractivity contribution in [3.63, 3.8) is 0 Å². The number of carbonyl (C=O) groups is 1. The summed E-state index contributed by atoms with van der Waals surface area (Å²) in [6, 6.07) is 3.80. The Morgan fingerprint density at radius 3 is 2.42 bits per heavy atom. The summed E-state index contributed by atoms with van der Waals surface area (Å²) in [7, 11) is -3.74. The maximum absolute atomic E-state index is 12.1. The van der Waals surface area contributed by atoms with Crippen molar-refractivity contribution in [2.75, 3.05) is 18.1 Å². The van der Waals surface area contributed by atoms with E-state index in [4.69, 9.17) is 0 Å². The molecule has 0 bridgehead atoms. The number of benzene rings is 1. The zero-order valence-electron chi connectivity index (χ0n) is 14.1. The third-order valence-electron chi connectivity index (χ3n) is 3.88. The number of anilines is 1. The van der Waals surface area contributed by atoms with Crippen molar-refractivity contribution in [3.8, 4) is 0 Å². The molecule has 132 valence electrons. The lowest BCUT2D eigenvalue weighted by Gasteiger charge is -2.32. The number of hydrogen-bond donors (Lipinski definition) is 1. The largest absolute Gasteiger partial charge is 0.374 e. The van der Waals surface area contributed by atoms with Crippen molar-refractivity contribution in [1.29, 1.82) is 0 Å². The van der Waals surface area contributed by atoms with Crippen molar-refractivity contribution in [2.45, 2.75) is 43.7 Å². The first-order valence-electron chi connectivity index (χ1n) is 7.45. The summed E-state index contributed by atoms with van der Waals surface area (Å²) in [6.45, 7) is 6.16. The normalized spacial score (nSPS) is 18.8. The van der Waals surface area contributed by atoms with Crippen LogP contribution in [0.1, 0.15) is 27.2 Å². The van der Waals surface area contributed by atoms with E-state index in [0.717, 1.165) is 6.26 Å². The van der Waals surface area contributed by atoms with Crippen LogP contribution in [0, 0.1) is 10.1 Å². The van der Waals surface area contributed by atoms with Gasteiger partial charge in [0.15, 0.2) is 9.84 Å². The van der Waals surface area contributed by atoms with Crippen LogP contribution in [0.2, 0.25) is 0 Å². The van der Waals surface area contributed by atoms with E-state index in [2.05, 4.69) is 5.32 Å². The number of sulfone groups is 1. The number of hydrogen-bond acceptors (Lipinski definition) is 6. The number of para-hydroxylation sites is 1. The molecular weight excluding hydrogens is 334 g/mol. The highest BCUT2D eigenvalue weighted by atomic mass is 32.2. The molecule has 0 radical (unpaired) electrons. The predicted octanol–water partition coefficient (Wildman–Crippen LogP) is 1.81. The van der Waals surface area contributed by atoms with Crippen molar-refractivity contribution >= 4 is 27.1 Å². The summed E-state index contributed by atoms with van der Waals surface area (Å²) in [5.74, 6) is -0.0399. The summed E-state index contributed by atoms with van der Waals surface area (Å²) in [4.78, 5) is 24.2.